The lowest BCUT2D eigenvalue weighted by Crippen LogP contribution is -2.42. The van der Waals surface area contributed by atoms with Crippen LogP contribution in [0.5, 0.6) is 0 Å². The minimum Gasteiger partial charge on any atom is -0.332 e. The Bertz CT molecular complexity index is 633. The van der Waals surface area contributed by atoms with E-state index < -0.39 is 0 Å². The van der Waals surface area contributed by atoms with Crippen molar-refractivity contribution in [2.75, 3.05) is 6.54 Å². The molecule has 1 amide bonds. The van der Waals surface area contributed by atoms with Gasteiger partial charge in [-0.1, -0.05) is 60.7 Å². The largest absolute Gasteiger partial charge is 0.332 e. The zero-order valence-corrected chi connectivity index (χ0v) is 12.7. The van der Waals surface area contributed by atoms with Crippen molar-refractivity contribution in [3.8, 4) is 0 Å². The van der Waals surface area contributed by atoms with Crippen LogP contribution in [0.15, 0.2) is 66.7 Å². The van der Waals surface area contributed by atoms with Crippen LogP contribution in [0.4, 0.5) is 0 Å². The van der Waals surface area contributed by atoms with Gasteiger partial charge >= 0.3 is 0 Å². The fraction of sp³-hybridized carbons (Fsp3) is 0.250. The molecule has 0 aromatic heterocycles. The van der Waals surface area contributed by atoms with E-state index in [1.54, 1.807) is 0 Å². The van der Waals surface area contributed by atoms with Gasteiger partial charge in [-0.2, -0.15) is 0 Å². The van der Waals surface area contributed by atoms with Crippen LogP contribution >= 0.6 is 0 Å². The van der Waals surface area contributed by atoms with E-state index >= 15 is 0 Å². The van der Waals surface area contributed by atoms with Gasteiger partial charge in [-0.05, 0) is 37.0 Å². The van der Waals surface area contributed by atoms with Crippen molar-refractivity contribution >= 4 is 12.0 Å². The Labute approximate surface area is 132 Å². The van der Waals surface area contributed by atoms with Crippen LogP contribution in [0.3, 0.4) is 0 Å². The molecule has 1 aliphatic rings. The number of piperidine rings is 1. The van der Waals surface area contributed by atoms with Gasteiger partial charge in [-0.15, -0.1) is 0 Å². The average molecular weight is 291 g/mol. The third-order valence-corrected chi connectivity index (χ3v) is 4.14. The van der Waals surface area contributed by atoms with E-state index in [1.165, 1.54) is 12.0 Å². The fourth-order valence-corrected chi connectivity index (χ4v) is 2.94. The molecule has 3 rings (SSSR count). The van der Waals surface area contributed by atoms with E-state index in [4.69, 9.17) is 0 Å². The summed E-state index contributed by atoms with van der Waals surface area (Å²) >= 11 is 0. The number of amides is 1. The molecule has 0 radical (unpaired) electrons. The van der Waals surface area contributed by atoms with Crippen molar-refractivity contribution in [1.29, 1.82) is 0 Å². The van der Waals surface area contributed by atoms with Gasteiger partial charge in [0.1, 0.15) is 0 Å². The molecular formula is C20H21NO. The molecule has 0 bridgehead atoms. The van der Waals surface area contributed by atoms with Gasteiger partial charge < -0.3 is 4.90 Å². The van der Waals surface area contributed by atoms with Gasteiger partial charge in [0.25, 0.3) is 5.91 Å². The lowest BCUT2D eigenvalue weighted by Gasteiger charge is -2.34. The van der Waals surface area contributed by atoms with E-state index in [0.717, 1.165) is 24.9 Å². The highest BCUT2D eigenvalue weighted by atomic mass is 16.2. The number of benzene rings is 2. The van der Waals surface area contributed by atoms with Crippen LogP contribution in [0.2, 0.25) is 0 Å². The second-order valence-corrected chi connectivity index (χ2v) is 5.70. The highest BCUT2D eigenvalue weighted by Gasteiger charge is 2.25. The zero-order valence-electron chi connectivity index (χ0n) is 12.7. The number of hydrogen-bond donors (Lipinski definition) is 0. The molecule has 22 heavy (non-hydrogen) atoms. The Kier molecular flexibility index (Phi) is 4.69. The summed E-state index contributed by atoms with van der Waals surface area (Å²) in [6.07, 6.45) is 7.62. The third-order valence-electron chi connectivity index (χ3n) is 4.14. The Morgan fingerprint density at radius 2 is 1.64 bits per heavy atom. The molecule has 1 fully saturated rings. The van der Waals surface area contributed by atoms with Crippen LogP contribution < -0.4 is 0 Å². The standard InChI is InChI=1S/C20H21NO/c22-20(18-11-5-2-6-12-18)21-16-8-7-13-19(21)15-14-17-9-3-1-4-10-17/h1-6,9-12,14-15,19H,7-8,13,16H2. The number of carbonyl (C=O) groups is 1. The van der Waals surface area contributed by atoms with Crippen molar-refractivity contribution in [2.45, 2.75) is 25.3 Å². The molecule has 1 unspecified atom stereocenters. The summed E-state index contributed by atoms with van der Waals surface area (Å²) < 4.78 is 0. The first-order valence-corrected chi connectivity index (χ1v) is 7.94. The van der Waals surface area contributed by atoms with Crippen LogP contribution in [0.25, 0.3) is 6.08 Å². The maximum atomic E-state index is 12.7. The summed E-state index contributed by atoms with van der Waals surface area (Å²) in [6.45, 7) is 0.845. The van der Waals surface area contributed by atoms with Crippen molar-refractivity contribution in [3.05, 3.63) is 77.9 Å². The Hall–Kier alpha value is -2.35. The summed E-state index contributed by atoms with van der Waals surface area (Å²) in [6, 6.07) is 20.0. The number of rotatable bonds is 3. The van der Waals surface area contributed by atoms with Crippen LogP contribution in [0.1, 0.15) is 35.2 Å². The zero-order chi connectivity index (χ0) is 15.2. The fourth-order valence-electron chi connectivity index (χ4n) is 2.94. The molecule has 0 N–H and O–H groups in total. The molecule has 1 heterocycles. The first-order valence-electron chi connectivity index (χ1n) is 7.94. The molecule has 1 atom stereocenters. The van der Waals surface area contributed by atoms with E-state index in [-0.39, 0.29) is 11.9 Å². The Balaban J connectivity index is 1.77. The lowest BCUT2D eigenvalue weighted by atomic mass is 9.99. The molecule has 2 nitrogen and oxygen atoms in total. The number of likely N-dealkylation sites (tertiary alicyclic amines) is 1. The highest BCUT2D eigenvalue weighted by Crippen LogP contribution is 2.21. The average Bonchev–Trinajstić information content (AvgIpc) is 2.61. The van der Waals surface area contributed by atoms with Crippen LogP contribution in [-0.4, -0.2) is 23.4 Å². The predicted molar refractivity (Wildman–Crippen MR) is 90.6 cm³/mol. The third kappa shape index (κ3) is 3.45. The number of hydrogen-bond acceptors (Lipinski definition) is 1. The minimum absolute atomic E-state index is 0.142. The molecule has 2 heteroatoms. The normalized spacial score (nSPS) is 18.5. The van der Waals surface area contributed by atoms with Gasteiger partial charge in [0.15, 0.2) is 0 Å². The first kappa shape index (κ1) is 14.6. The summed E-state index contributed by atoms with van der Waals surface area (Å²) in [4.78, 5) is 14.7. The molecule has 1 aliphatic heterocycles. The Morgan fingerprint density at radius 3 is 2.36 bits per heavy atom. The van der Waals surface area contributed by atoms with Crippen LogP contribution in [-0.2, 0) is 0 Å². The molecule has 2 aromatic rings. The van der Waals surface area contributed by atoms with Crippen molar-refractivity contribution in [2.24, 2.45) is 0 Å². The van der Waals surface area contributed by atoms with Gasteiger partial charge in [0.05, 0.1) is 6.04 Å². The summed E-state index contributed by atoms with van der Waals surface area (Å²) in [5.74, 6) is 0.142. The SMILES string of the molecule is O=C(c1ccccc1)N1CCCCC1C=Cc1ccccc1. The maximum absolute atomic E-state index is 12.7. The summed E-state index contributed by atoms with van der Waals surface area (Å²) in [7, 11) is 0. The van der Waals surface area contributed by atoms with E-state index in [0.29, 0.717) is 0 Å². The van der Waals surface area contributed by atoms with Gasteiger partial charge in [-0.3, -0.25) is 4.79 Å². The molecule has 0 aliphatic carbocycles. The van der Waals surface area contributed by atoms with Crippen molar-refractivity contribution in [1.82, 2.24) is 4.90 Å². The topological polar surface area (TPSA) is 20.3 Å². The van der Waals surface area contributed by atoms with Gasteiger partial charge in [-0.25, -0.2) is 0 Å². The summed E-state index contributed by atoms with van der Waals surface area (Å²) in [5, 5.41) is 0. The second-order valence-electron chi connectivity index (χ2n) is 5.70. The predicted octanol–water partition coefficient (Wildman–Crippen LogP) is 4.39. The van der Waals surface area contributed by atoms with E-state index in [9.17, 15) is 4.79 Å². The van der Waals surface area contributed by atoms with Crippen molar-refractivity contribution < 1.29 is 4.79 Å². The minimum atomic E-state index is 0.142. The van der Waals surface area contributed by atoms with Crippen LogP contribution in [0, 0.1) is 0 Å². The quantitative estimate of drug-likeness (QED) is 0.821. The van der Waals surface area contributed by atoms with Crippen molar-refractivity contribution in [3.63, 3.8) is 0 Å². The number of nitrogens with zero attached hydrogens (tertiary/aromatic N) is 1. The molecule has 0 spiro atoms. The molecule has 2 aromatic carbocycles. The Morgan fingerprint density at radius 1 is 0.955 bits per heavy atom. The summed E-state index contributed by atoms with van der Waals surface area (Å²) in [5.41, 5.74) is 1.96. The van der Waals surface area contributed by atoms with Gasteiger partial charge in [0, 0.05) is 12.1 Å². The molecular weight excluding hydrogens is 270 g/mol. The van der Waals surface area contributed by atoms with E-state index in [2.05, 4.69) is 24.3 Å². The second kappa shape index (κ2) is 7.08. The monoisotopic (exact) mass is 291 g/mol. The highest BCUT2D eigenvalue weighted by molar-refractivity contribution is 5.94. The van der Waals surface area contributed by atoms with E-state index in [1.807, 2.05) is 53.4 Å². The first-order chi connectivity index (χ1) is 10.8. The van der Waals surface area contributed by atoms with Gasteiger partial charge in [0.2, 0.25) is 0 Å². The molecule has 0 saturated carbocycles. The molecule has 112 valence electrons. The number of carbonyl (C=O) groups excluding carboxylic acids is 1. The maximum Gasteiger partial charge on any atom is 0.254 e. The molecule has 1 saturated heterocycles. The smallest absolute Gasteiger partial charge is 0.254 e. The lowest BCUT2D eigenvalue weighted by molar-refractivity contribution is 0.0665.